The van der Waals surface area contributed by atoms with E-state index < -0.39 is 322 Å². The lowest BCUT2D eigenvalue weighted by atomic mass is 10.0. The van der Waals surface area contributed by atoms with Gasteiger partial charge in [0.2, 0.25) is 106 Å². The van der Waals surface area contributed by atoms with Gasteiger partial charge in [-0.2, -0.15) is 12.6 Å². The SMILES string of the molecule is CC(C)C[C@H](NC(=O)[C@H](CCCNC(=N)N)NC(=O)[C@H](CCC(=O)O)NC(=O)[C@H](CC(=O)O)NC(=O)[C@H](Cc1cnc[nH]1)NC(=O)[C@H](Cc1cnc[nH]1)NC(=O)[C@H](C)NC(=O)[C@@H](N)CO)C(=O)N[C@@H](CC(N)=O)C(=O)N[C@@H](C)C(=O)N[C@H](C(=O)N[C@@H](Cc1cnc[nH]1)C(=O)N[C@@H](CS)C(=O)N[C@@H](CCC(N)=O)C(=O)N[C@@H](Cc1ccc(O)cc1)C(=O)N[C@@H](CC(N)=O)C(=O)O)[C@@H](C)O. The average Bonchev–Trinajstić information content (AvgIpc) is 1.47. The van der Waals surface area contributed by atoms with E-state index in [1.807, 2.05) is 0 Å². The van der Waals surface area contributed by atoms with Crippen LogP contribution in [0.4, 0.5) is 0 Å². The van der Waals surface area contributed by atoms with E-state index >= 15 is 0 Å². The van der Waals surface area contributed by atoms with E-state index in [9.17, 15) is 131 Å². The summed E-state index contributed by atoms with van der Waals surface area (Å²) in [6, 6.07) is -23.4. The maximum Gasteiger partial charge on any atom is 0.326 e. The van der Waals surface area contributed by atoms with Crippen LogP contribution in [0.15, 0.2) is 61.8 Å². The number of nitrogens with one attached hydrogen (secondary N) is 20. The molecule has 3 heterocycles. The number of thiol groups is 1. The van der Waals surface area contributed by atoms with E-state index in [4.69, 9.17) is 34.1 Å². The molecule has 4 aromatic rings. The smallest absolute Gasteiger partial charge is 0.326 e. The number of primary amides is 3. The molecule has 0 fully saturated rings. The summed E-state index contributed by atoms with van der Waals surface area (Å²) in [6.07, 6.45) is -2.96. The number of phenols is 1. The summed E-state index contributed by atoms with van der Waals surface area (Å²) in [5.41, 5.74) is 28.1. The van der Waals surface area contributed by atoms with Crippen LogP contribution in [-0.4, -0.2) is 312 Å². The number of hydrogen-bond donors (Lipinski definition) is 32. The standard InChI is InChI=1S/C77H114N28O27S/c1-33(2)17-46(97-64(119)43(7-6-16-87-77(82)83)93-65(120)45(13-15-58(112)113)94-73(128)52(24-59(114)115)101-71(126)49(20-39-26-85-31-89-39)99-70(125)48(19-38-25-84-30-88-38)96-61(116)34(3)91-63(118)42(78)28-106)68(123)100-51(22-56(80)110)67(122)92-35(4)62(117)105-60(36(5)107)75(130)102-50(21-40-27-86-32-90-40)72(127)104-54(29-133)74(129)95-44(12-14-55(79)109)66(121)98-47(18-37-8-10-41(108)11-9-37)69(124)103-53(76(131)132)23-57(81)111/h8-11,25-27,30-36,42-54,60,106-108,133H,6-7,12-24,28-29,78H2,1-5H3,(H2,79,109)(H2,80,110)(H2,81,111)(H,84,88)(H,85,89)(H,86,90)(H,91,118)(H,92,122)(H,93,120)(H,94,128)(H,95,129)(H,96,116)(H,97,119)(H,98,121)(H,99,125)(H,100,123)(H,101,126)(H,102,130)(H,103,124)(H,104,127)(H,105,117)(H,112,113)(H,114,115)(H,131,132)(H4,82,83,87)/t34-,35-,36+,42-,43-,44-,45-,46-,47-,48-,49-,50-,51-,52-,53-,54-,60-/m0/s1. The van der Waals surface area contributed by atoms with Gasteiger partial charge in [0.05, 0.1) is 51.0 Å². The minimum atomic E-state index is -2.17. The van der Waals surface area contributed by atoms with Crippen molar-refractivity contribution in [2.24, 2.45) is 34.6 Å². The number of aromatic nitrogens is 6. The highest BCUT2D eigenvalue weighted by atomic mass is 32.1. The first-order valence-electron chi connectivity index (χ1n) is 41.1. The molecule has 0 radical (unpaired) electrons. The highest BCUT2D eigenvalue weighted by molar-refractivity contribution is 7.80. The topological polar surface area (TPSA) is 912 Å². The molecule has 0 spiro atoms. The number of aromatic amines is 3. The number of hydrogen-bond acceptors (Lipinski definition) is 30. The number of nitrogens with two attached hydrogens (primary N) is 5. The van der Waals surface area contributed by atoms with Gasteiger partial charge in [0.25, 0.3) is 0 Å². The number of phenolic OH excluding ortho intramolecular Hbond substituents is 1. The van der Waals surface area contributed by atoms with Crippen LogP contribution in [0.5, 0.6) is 5.75 Å². The number of carboxylic acid groups (broad SMARTS) is 3. The fourth-order valence-electron chi connectivity index (χ4n) is 12.3. The van der Waals surface area contributed by atoms with Crippen molar-refractivity contribution in [1.82, 2.24) is 115 Å². The van der Waals surface area contributed by atoms with Gasteiger partial charge in [0, 0.05) is 86.5 Å². The molecule has 1 aromatic carbocycles. The van der Waals surface area contributed by atoms with Crippen molar-refractivity contribution in [3.05, 3.63) is 84.5 Å². The predicted octanol–water partition coefficient (Wildman–Crippen LogP) is -12.5. The molecule has 133 heavy (non-hydrogen) atoms. The van der Waals surface area contributed by atoms with Gasteiger partial charge in [-0.05, 0) is 76.5 Å². The Balaban J connectivity index is 1.57. The molecule has 36 N–H and O–H groups in total. The maximum atomic E-state index is 14.6. The number of carboxylic acids is 3. The molecule has 0 saturated carbocycles. The number of amides is 18. The van der Waals surface area contributed by atoms with Crippen LogP contribution in [0.2, 0.25) is 0 Å². The Morgan fingerprint density at radius 1 is 0.406 bits per heavy atom. The van der Waals surface area contributed by atoms with Crippen LogP contribution in [0.25, 0.3) is 0 Å². The van der Waals surface area contributed by atoms with Gasteiger partial charge in [0.1, 0.15) is 102 Å². The monoisotopic (exact) mass is 1890 g/mol. The first-order valence-corrected chi connectivity index (χ1v) is 41.7. The molecule has 0 unspecified atom stereocenters. The van der Waals surface area contributed by atoms with Gasteiger partial charge in [-0.15, -0.1) is 0 Å². The van der Waals surface area contributed by atoms with Crippen molar-refractivity contribution in [3.63, 3.8) is 0 Å². The van der Waals surface area contributed by atoms with Gasteiger partial charge in [-0.25, -0.2) is 19.7 Å². The molecule has 730 valence electrons. The summed E-state index contributed by atoms with van der Waals surface area (Å²) in [5, 5.41) is 105. The van der Waals surface area contributed by atoms with Crippen LogP contribution in [0.1, 0.15) is 121 Å². The van der Waals surface area contributed by atoms with Crippen molar-refractivity contribution in [1.29, 1.82) is 5.41 Å². The Bertz CT molecular complexity index is 4720. The largest absolute Gasteiger partial charge is 0.508 e. The Labute approximate surface area is 762 Å². The highest BCUT2D eigenvalue weighted by Crippen LogP contribution is 2.16. The van der Waals surface area contributed by atoms with Crippen molar-refractivity contribution in [2.75, 3.05) is 18.9 Å². The van der Waals surface area contributed by atoms with E-state index in [2.05, 4.69) is 128 Å². The quantitative estimate of drug-likeness (QED) is 0.00845. The molecular formula is C77H114N28O27S. The second kappa shape index (κ2) is 55.1. The van der Waals surface area contributed by atoms with E-state index in [0.29, 0.717) is 0 Å². The van der Waals surface area contributed by atoms with E-state index in [1.54, 1.807) is 13.8 Å². The van der Waals surface area contributed by atoms with Crippen molar-refractivity contribution >= 4 is 143 Å². The van der Waals surface area contributed by atoms with E-state index in [0.717, 1.165) is 13.8 Å². The Kier molecular flexibility index (Phi) is 45.7. The van der Waals surface area contributed by atoms with Crippen LogP contribution in [0, 0.1) is 11.3 Å². The molecule has 0 aliphatic heterocycles. The normalized spacial score (nSPS) is 14.9. The third-order valence-electron chi connectivity index (χ3n) is 19.4. The van der Waals surface area contributed by atoms with Crippen molar-refractivity contribution in [3.8, 4) is 5.75 Å². The highest BCUT2D eigenvalue weighted by Gasteiger charge is 2.41. The van der Waals surface area contributed by atoms with E-state index in [-0.39, 0.29) is 54.2 Å². The van der Waals surface area contributed by atoms with Gasteiger partial charge in [-0.3, -0.25) is 101 Å². The lowest BCUT2D eigenvalue weighted by molar-refractivity contribution is -0.143. The number of nitrogens with zero attached hydrogens (tertiary/aromatic N) is 3. The number of rotatable bonds is 60. The van der Waals surface area contributed by atoms with Crippen molar-refractivity contribution in [2.45, 2.75) is 227 Å². The minimum Gasteiger partial charge on any atom is -0.508 e. The van der Waals surface area contributed by atoms with Crippen LogP contribution >= 0.6 is 12.6 Å². The second-order valence-electron chi connectivity index (χ2n) is 30.9. The van der Waals surface area contributed by atoms with Crippen LogP contribution in [0.3, 0.4) is 0 Å². The molecule has 3 aromatic heterocycles. The number of guanidine groups is 1. The lowest BCUT2D eigenvalue weighted by Gasteiger charge is -2.28. The molecule has 18 amide bonds. The Morgan fingerprint density at radius 3 is 1.17 bits per heavy atom. The molecule has 17 atom stereocenters. The zero-order valence-electron chi connectivity index (χ0n) is 72.6. The minimum absolute atomic E-state index is 0.135. The summed E-state index contributed by atoms with van der Waals surface area (Å²) >= 11 is 4.20. The summed E-state index contributed by atoms with van der Waals surface area (Å²) in [7, 11) is 0. The predicted molar refractivity (Wildman–Crippen MR) is 461 cm³/mol. The number of carbonyl (C=O) groups is 21. The molecule has 55 nitrogen and oxygen atoms in total. The second-order valence-corrected chi connectivity index (χ2v) is 31.3. The van der Waals surface area contributed by atoms with Crippen molar-refractivity contribution < 1.29 is 131 Å². The van der Waals surface area contributed by atoms with Gasteiger partial charge < -0.3 is 159 Å². The third kappa shape index (κ3) is 39.9. The number of aliphatic hydroxyl groups is 2. The number of aromatic hydroxyl groups is 1. The summed E-state index contributed by atoms with van der Waals surface area (Å²) in [5.74, 6) is -28.1. The lowest BCUT2D eigenvalue weighted by Crippen LogP contribution is -2.62. The number of imidazole rings is 3. The number of aliphatic hydroxyl groups excluding tert-OH is 2. The molecule has 0 bridgehead atoms. The first kappa shape index (κ1) is 110. The number of carbonyl (C=O) groups excluding carboxylic acids is 18. The number of benzene rings is 1. The molecule has 0 saturated heterocycles. The summed E-state index contributed by atoms with van der Waals surface area (Å²) in [4.78, 5) is 304. The molecule has 0 aliphatic rings. The maximum absolute atomic E-state index is 14.6. The Morgan fingerprint density at radius 2 is 0.759 bits per heavy atom. The van der Waals surface area contributed by atoms with E-state index in [1.165, 1.54) is 68.8 Å². The average molecular weight is 1900 g/mol. The summed E-state index contributed by atoms with van der Waals surface area (Å²) in [6.45, 7) is 5.52. The zero-order chi connectivity index (χ0) is 99.6. The van der Waals surface area contributed by atoms with Crippen LogP contribution < -0.4 is 114 Å². The zero-order valence-corrected chi connectivity index (χ0v) is 73.5. The van der Waals surface area contributed by atoms with Gasteiger partial charge in [0.15, 0.2) is 5.96 Å². The molecular weight excluding hydrogens is 1780 g/mol. The number of aliphatic carboxylic acids is 3. The fourth-order valence-corrected chi connectivity index (χ4v) is 12.6. The molecule has 4 rings (SSSR count). The van der Waals surface area contributed by atoms with Crippen LogP contribution in [-0.2, 0) is 126 Å². The molecule has 56 heteroatoms. The fraction of sp³-hybridized carbons (Fsp3) is 0.519. The van der Waals surface area contributed by atoms with Gasteiger partial charge in [-0.1, -0.05) is 26.0 Å². The molecule has 0 aliphatic carbocycles. The first-order chi connectivity index (χ1) is 62.6. The Hall–Kier alpha value is -15.0. The summed E-state index contributed by atoms with van der Waals surface area (Å²) < 4.78 is 0. The number of H-pyrrole nitrogens is 3. The van der Waals surface area contributed by atoms with Gasteiger partial charge >= 0.3 is 17.9 Å². The third-order valence-corrected chi connectivity index (χ3v) is 19.7.